The number of rotatable bonds is 5. The first-order valence-corrected chi connectivity index (χ1v) is 5.76. The maximum atomic E-state index is 9.22. The van der Waals surface area contributed by atoms with E-state index in [2.05, 4.69) is 21.8 Å². The van der Waals surface area contributed by atoms with Crippen LogP contribution in [0.5, 0.6) is 0 Å². The minimum absolute atomic E-state index is 0.0518. The summed E-state index contributed by atoms with van der Waals surface area (Å²) in [5.41, 5.74) is 3.02. The molecule has 4 nitrogen and oxygen atoms in total. The van der Waals surface area contributed by atoms with E-state index in [1.54, 1.807) is 0 Å². The maximum Gasteiger partial charge on any atom is 0.0948 e. The summed E-state index contributed by atoms with van der Waals surface area (Å²) in [6.07, 6.45) is 3.69. The summed E-state index contributed by atoms with van der Waals surface area (Å²) in [5.74, 6) is 0. The fourth-order valence-electron chi connectivity index (χ4n) is 1.80. The maximum absolute atomic E-state index is 9.22. The van der Waals surface area contributed by atoms with Gasteiger partial charge in [-0.1, -0.05) is 18.2 Å². The Balaban J connectivity index is 2.07. The lowest BCUT2D eigenvalue weighted by molar-refractivity contribution is 0.282. The zero-order valence-electron chi connectivity index (χ0n) is 9.93. The van der Waals surface area contributed by atoms with Crippen molar-refractivity contribution < 1.29 is 5.11 Å². The quantitative estimate of drug-likeness (QED) is 0.827. The molecule has 0 fully saturated rings. The van der Waals surface area contributed by atoms with Crippen LogP contribution in [-0.2, 0) is 19.7 Å². The summed E-state index contributed by atoms with van der Waals surface area (Å²) in [6.45, 7) is 3.77. The van der Waals surface area contributed by atoms with Gasteiger partial charge in [0, 0.05) is 24.0 Å². The molecular weight excluding hydrogens is 214 g/mol. The van der Waals surface area contributed by atoms with Crippen LogP contribution < -0.4 is 5.32 Å². The number of aliphatic hydroxyl groups excluding tert-OH is 1. The Kier molecular flexibility index (Phi) is 3.77. The van der Waals surface area contributed by atoms with Crippen LogP contribution in [0.3, 0.4) is 0 Å². The predicted octanol–water partition coefficient (Wildman–Crippen LogP) is 2.01. The van der Waals surface area contributed by atoms with Gasteiger partial charge in [-0.15, -0.1) is 0 Å². The van der Waals surface area contributed by atoms with Crippen molar-refractivity contribution in [3.05, 3.63) is 48.0 Å². The fourth-order valence-corrected chi connectivity index (χ4v) is 1.80. The lowest BCUT2D eigenvalue weighted by atomic mass is 10.2. The molecule has 0 spiro atoms. The van der Waals surface area contributed by atoms with Gasteiger partial charge in [-0.3, -0.25) is 0 Å². The Labute approximate surface area is 101 Å². The molecule has 1 aromatic heterocycles. The molecule has 2 N–H and O–H groups in total. The number of aryl methyl sites for hydroxylation is 1. The first kappa shape index (κ1) is 11.7. The van der Waals surface area contributed by atoms with E-state index < -0.39 is 0 Å². The topological polar surface area (TPSA) is 50.1 Å². The molecule has 0 saturated carbocycles. The summed E-state index contributed by atoms with van der Waals surface area (Å²) in [7, 11) is 0. The molecule has 0 aliphatic carbocycles. The Morgan fingerprint density at radius 2 is 2.18 bits per heavy atom. The Bertz CT molecular complexity index is 479. The first-order valence-electron chi connectivity index (χ1n) is 5.76. The van der Waals surface area contributed by atoms with Crippen LogP contribution in [0, 0.1) is 0 Å². The average Bonchev–Trinajstić information content (AvgIpc) is 2.84. The second-order valence-electron chi connectivity index (χ2n) is 3.84. The average molecular weight is 231 g/mol. The summed E-state index contributed by atoms with van der Waals surface area (Å²) in [6, 6.07) is 7.77. The van der Waals surface area contributed by atoms with Crippen molar-refractivity contribution in [2.45, 2.75) is 26.6 Å². The van der Waals surface area contributed by atoms with Crippen molar-refractivity contribution in [1.29, 1.82) is 0 Å². The van der Waals surface area contributed by atoms with Gasteiger partial charge in [0.1, 0.15) is 0 Å². The summed E-state index contributed by atoms with van der Waals surface area (Å²) in [4.78, 5) is 4.12. The van der Waals surface area contributed by atoms with E-state index in [1.807, 2.05) is 36.8 Å². The normalized spacial score (nSPS) is 10.5. The molecule has 4 heteroatoms. The van der Waals surface area contributed by atoms with Crippen molar-refractivity contribution in [1.82, 2.24) is 9.55 Å². The highest BCUT2D eigenvalue weighted by Gasteiger charge is 2.02. The Morgan fingerprint density at radius 3 is 2.94 bits per heavy atom. The summed E-state index contributed by atoms with van der Waals surface area (Å²) < 4.78 is 2.09. The molecule has 0 radical (unpaired) electrons. The lowest BCUT2D eigenvalue weighted by Crippen LogP contribution is -2.07. The molecule has 2 rings (SSSR count). The Hall–Kier alpha value is -1.81. The van der Waals surface area contributed by atoms with Crippen molar-refractivity contribution >= 4 is 5.69 Å². The summed E-state index contributed by atoms with van der Waals surface area (Å²) >= 11 is 0. The van der Waals surface area contributed by atoms with E-state index in [0.717, 1.165) is 23.5 Å². The number of aromatic nitrogens is 2. The van der Waals surface area contributed by atoms with Gasteiger partial charge in [-0.25, -0.2) is 4.98 Å². The molecule has 1 heterocycles. The summed E-state index contributed by atoms with van der Waals surface area (Å²) in [5, 5.41) is 12.5. The number of aliphatic hydroxyl groups is 1. The second kappa shape index (κ2) is 5.50. The van der Waals surface area contributed by atoms with Gasteiger partial charge in [-0.2, -0.15) is 0 Å². The van der Waals surface area contributed by atoms with E-state index in [9.17, 15) is 5.11 Å². The monoisotopic (exact) mass is 231 g/mol. The van der Waals surface area contributed by atoms with Crippen LogP contribution in [0.15, 0.2) is 36.8 Å². The van der Waals surface area contributed by atoms with Crippen LogP contribution in [0.4, 0.5) is 5.69 Å². The molecule has 0 amide bonds. The van der Waals surface area contributed by atoms with E-state index in [1.165, 1.54) is 0 Å². The third kappa shape index (κ3) is 2.65. The molecule has 0 aliphatic heterocycles. The number of nitrogens with zero attached hydrogens (tertiary/aromatic N) is 2. The van der Waals surface area contributed by atoms with E-state index in [4.69, 9.17) is 0 Å². The molecule has 0 aliphatic rings. The molecule has 0 unspecified atom stereocenters. The molecule has 0 atom stereocenters. The fraction of sp³-hybridized carbons (Fsp3) is 0.308. The lowest BCUT2D eigenvalue weighted by Gasteiger charge is -2.11. The van der Waals surface area contributed by atoms with Gasteiger partial charge in [0.25, 0.3) is 0 Å². The minimum atomic E-state index is 0.0518. The standard InChI is InChI=1S/C13H17N3O/c1-2-16-10-14-7-12(16)8-15-13-6-4-3-5-11(13)9-17/h3-7,10,15,17H,2,8-9H2,1H3. The number of nitrogens with one attached hydrogen (secondary N) is 1. The van der Waals surface area contributed by atoms with E-state index >= 15 is 0 Å². The highest BCUT2D eigenvalue weighted by molar-refractivity contribution is 5.50. The highest BCUT2D eigenvalue weighted by atomic mass is 16.3. The number of hydrogen-bond acceptors (Lipinski definition) is 3. The number of benzene rings is 1. The van der Waals surface area contributed by atoms with Gasteiger partial charge in [-0.05, 0) is 13.0 Å². The number of imidazole rings is 1. The van der Waals surface area contributed by atoms with Gasteiger partial charge >= 0.3 is 0 Å². The smallest absolute Gasteiger partial charge is 0.0948 e. The molecule has 90 valence electrons. The molecule has 2 aromatic rings. The van der Waals surface area contributed by atoms with Crippen LogP contribution in [0.2, 0.25) is 0 Å². The van der Waals surface area contributed by atoms with Gasteiger partial charge in [0.2, 0.25) is 0 Å². The van der Waals surface area contributed by atoms with Crippen molar-refractivity contribution in [3.63, 3.8) is 0 Å². The van der Waals surface area contributed by atoms with Crippen LogP contribution in [0.25, 0.3) is 0 Å². The van der Waals surface area contributed by atoms with E-state index in [-0.39, 0.29) is 6.61 Å². The molecular formula is C13H17N3O. The van der Waals surface area contributed by atoms with Crippen LogP contribution in [0.1, 0.15) is 18.2 Å². The molecule has 1 aromatic carbocycles. The second-order valence-corrected chi connectivity index (χ2v) is 3.84. The number of para-hydroxylation sites is 1. The highest BCUT2D eigenvalue weighted by Crippen LogP contribution is 2.15. The van der Waals surface area contributed by atoms with Crippen LogP contribution in [-0.4, -0.2) is 14.7 Å². The first-order chi connectivity index (χ1) is 8.35. The van der Waals surface area contributed by atoms with Gasteiger partial charge < -0.3 is 15.0 Å². The predicted molar refractivity (Wildman–Crippen MR) is 67.6 cm³/mol. The third-order valence-corrected chi connectivity index (χ3v) is 2.79. The minimum Gasteiger partial charge on any atom is -0.392 e. The number of hydrogen-bond donors (Lipinski definition) is 2. The van der Waals surface area contributed by atoms with Crippen molar-refractivity contribution in [2.24, 2.45) is 0 Å². The SMILES string of the molecule is CCn1cncc1CNc1ccccc1CO. The zero-order chi connectivity index (χ0) is 12.1. The number of anilines is 1. The van der Waals surface area contributed by atoms with E-state index in [0.29, 0.717) is 6.54 Å². The van der Waals surface area contributed by atoms with Crippen LogP contribution >= 0.6 is 0 Å². The third-order valence-electron chi connectivity index (χ3n) is 2.79. The van der Waals surface area contributed by atoms with Gasteiger partial charge in [0.05, 0.1) is 25.2 Å². The van der Waals surface area contributed by atoms with Gasteiger partial charge in [0.15, 0.2) is 0 Å². The zero-order valence-corrected chi connectivity index (χ0v) is 9.93. The van der Waals surface area contributed by atoms with Crippen molar-refractivity contribution in [2.75, 3.05) is 5.32 Å². The Morgan fingerprint density at radius 1 is 1.35 bits per heavy atom. The van der Waals surface area contributed by atoms with Crippen molar-refractivity contribution in [3.8, 4) is 0 Å². The largest absolute Gasteiger partial charge is 0.392 e. The molecule has 0 saturated heterocycles. The molecule has 0 bridgehead atoms. The molecule has 17 heavy (non-hydrogen) atoms.